The number of benzene rings is 4. The van der Waals surface area contributed by atoms with E-state index >= 15 is 0 Å². The maximum atomic E-state index is 13.3. The largest absolute Gasteiger partial charge is 0.383 e. The molecule has 0 spiro atoms. The Balaban J connectivity index is 0.000000207. The molecular formula is C47H52N4O12. The van der Waals surface area contributed by atoms with E-state index in [-0.39, 0.29) is 33.9 Å². The van der Waals surface area contributed by atoms with Crippen molar-refractivity contribution >= 4 is 68.8 Å². The minimum atomic E-state index is -0.462. The molecule has 4 aliphatic rings. The lowest BCUT2D eigenvalue weighted by atomic mass is 9.85. The van der Waals surface area contributed by atoms with Crippen molar-refractivity contribution in [1.29, 1.82) is 0 Å². The smallest absolute Gasteiger partial charge is 0.261 e. The van der Waals surface area contributed by atoms with Crippen LogP contribution in [-0.2, 0) is 18.9 Å². The zero-order valence-electron chi connectivity index (χ0n) is 35.9. The number of carbonyl (C=O) groups excluding carboxylic acids is 8. The third-order valence-electron chi connectivity index (χ3n) is 12.0. The molecule has 0 aromatic heterocycles. The van der Waals surface area contributed by atoms with E-state index in [9.17, 15) is 38.4 Å². The molecule has 0 fully saturated rings. The first-order valence-electron chi connectivity index (χ1n) is 20.4. The van der Waals surface area contributed by atoms with Gasteiger partial charge in [0.05, 0.1) is 50.6 Å². The van der Waals surface area contributed by atoms with Gasteiger partial charge in [0.15, 0.2) is 0 Å². The van der Waals surface area contributed by atoms with Crippen molar-refractivity contribution in [2.24, 2.45) is 0 Å². The predicted molar refractivity (Wildman–Crippen MR) is 231 cm³/mol. The normalized spacial score (nSPS) is 17.3. The Labute approximate surface area is 364 Å². The number of imide groups is 4. The maximum Gasteiger partial charge on any atom is 0.261 e. The van der Waals surface area contributed by atoms with Gasteiger partial charge in [-0.3, -0.25) is 58.0 Å². The van der Waals surface area contributed by atoms with Crippen LogP contribution in [0.25, 0.3) is 21.5 Å². The van der Waals surface area contributed by atoms with Gasteiger partial charge in [-0.15, -0.1) is 0 Å². The first-order valence-corrected chi connectivity index (χ1v) is 20.4. The summed E-state index contributed by atoms with van der Waals surface area (Å²) in [6.45, 7) is 8.10. The Hall–Kier alpha value is -6.20. The monoisotopic (exact) mass is 864 g/mol. The third-order valence-corrected chi connectivity index (χ3v) is 12.0. The summed E-state index contributed by atoms with van der Waals surface area (Å²) in [6, 6.07) is 10.8. The lowest BCUT2D eigenvalue weighted by molar-refractivity contribution is 0.0404. The highest BCUT2D eigenvalue weighted by Crippen LogP contribution is 2.41. The summed E-state index contributed by atoms with van der Waals surface area (Å²) in [5, 5.41) is 1.47. The Morgan fingerprint density at radius 1 is 0.365 bits per heavy atom. The molecule has 8 amide bonds. The summed E-state index contributed by atoms with van der Waals surface area (Å²) in [5.74, 6) is -3.61. The molecule has 4 heterocycles. The molecule has 0 saturated heterocycles. The predicted octanol–water partition coefficient (Wildman–Crippen LogP) is 5.62. The van der Waals surface area contributed by atoms with E-state index in [1.54, 1.807) is 62.4 Å². The quantitative estimate of drug-likeness (QED) is 0.143. The average Bonchev–Trinajstić information content (AvgIpc) is 3.25. The lowest BCUT2D eigenvalue weighted by Crippen LogP contribution is -2.50. The van der Waals surface area contributed by atoms with Crippen molar-refractivity contribution in [3.63, 3.8) is 0 Å². The highest BCUT2D eigenvalue weighted by atomic mass is 16.5. The number of amides is 8. The molecule has 0 bridgehead atoms. The fourth-order valence-electron chi connectivity index (χ4n) is 9.05. The van der Waals surface area contributed by atoms with Gasteiger partial charge >= 0.3 is 0 Å². The zero-order chi connectivity index (χ0) is 44.9. The van der Waals surface area contributed by atoms with E-state index in [0.717, 1.165) is 0 Å². The van der Waals surface area contributed by atoms with Gasteiger partial charge in [-0.1, -0.05) is 21.3 Å². The van der Waals surface area contributed by atoms with E-state index in [1.807, 2.05) is 13.8 Å². The van der Waals surface area contributed by atoms with Gasteiger partial charge < -0.3 is 18.9 Å². The van der Waals surface area contributed by atoms with Crippen LogP contribution in [-0.4, -0.2) is 146 Å². The van der Waals surface area contributed by atoms with E-state index in [4.69, 9.17) is 18.9 Å². The molecule has 4 unspecified atom stereocenters. The molecule has 4 aromatic carbocycles. The van der Waals surface area contributed by atoms with E-state index in [0.29, 0.717) is 78.9 Å². The maximum absolute atomic E-state index is 13.3. The molecule has 4 atom stereocenters. The molecule has 0 N–H and O–H groups in total. The van der Waals surface area contributed by atoms with Gasteiger partial charge in [0.2, 0.25) is 0 Å². The number of nitrogens with zero attached hydrogens (tertiary/aromatic N) is 4. The van der Waals surface area contributed by atoms with E-state index in [1.165, 1.54) is 48.0 Å². The SMILES string of the molecule is C.CCC(COC)N1C(=O)c2ccc3c4c(ccc(c24)C1=O)C(=O)N(C(CC)COC)C3=O.COCC(C)N1C(=O)c2ccc3c4c(ccc(c24)C1=O)C(=O)N(C(C)COC)C3=O. The Bertz CT molecular complexity index is 2290. The molecule has 0 saturated carbocycles. The third kappa shape index (κ3) is 7.20. The highest BCUT2D eigenvalue weighted by Gasteiger charge is 2.44. The first kappa shape index (κ1) is 46.3. The van der Waals surface area contributed by atoms with Gasteiger partial charge in [0.1, 0.15) is 0 Å². The molecule has 0 aliphatic carbocycles. The molecule has 332 valence electrons. The minimum absolute atomic E-state index is 0. The standard InChI is InChI=1S/C24H26N2O6.C22H22N2O6.CH4/c1-5-13(11-31-3)25-21(27)15-7-9-17-20-18(10-8-16(19(15)20)22(25)28)24(30)26(23(17)29)14(6-2)12-32-4;1-11(9-29-3)23-19(25)13-5-7-15-18-16(8-6-14(17(13)18)20(23)26)22(28)24(21(15)27)12(2)10-30-4;/h7-10,13-14H,5-6,11-12H2,1-4H3;5-8,11-12H,9-10H2,1-4H3;1H4. The molecule has 4 aromatic rings. The van der Waals surface area contributed by atoms with Gasteiger partial charge in [-0.05, 0) is 75.2 Å². The Morgan fingerprint density at radius 2 is 0.556 bits per heavy atom. The average molecular weight is 865 g/mol. The number of hydrogen-bond acceptors (Lipinski definition) is 12. The Morgan fingerprint density at radius 3 is 0.730 bits per heavy atom. The second-order valence-corrected chi connectivity index (χ2v) is 15.7. The highest BCUT2D eigenvalue weighted by molar-refractivity contribution is 6.35. The van der Waals surface area contributed by atoms with Crippen LogP contribution in [0.3, 0.4) is 0 Å². The van der Waals surface area contributed by atoms with Crippen LogP contribution in [0.4, 0.5) is 0 Å². The van der Waals surface area contributed by atoms with Gasteiger partial charge in [0.25, 0.3) is 47.3 Å². The Kier molecular flexibility index (Phi) is 13.4. The van der Waals surface area contributed by atoms with Crippen LogP contribution in [0.15, 0.2) is 48.5 Å². The van der Waals surface area contributed by atoms with Crippen molar-refractivity contribution in [3.8, 4) is 0 Å². The van der Waals surface area contributed by atoms with Crippen LogP contribution in [0.5, 0.6) is 0 Å². The number of ether oxygens (including phenoxy) is 4. The van der Waals surface area contributed by atoms with Crippen molar-refractivity contribution in [2.75, 3.05) is 54.9 Å². The molecule has 8 rings (SSSR count). The summed E-state index contributed by atoms with van der Waals surface area (Å²) < 4.78 is 20.6. The van der Waals surface area contributed by atoms with Crippen molar-refractivity contribution in [1.82, 2.24) is 19.6 Å². The summed E-state index contributed by atoms with van der Waals surface area (Å²) in [6.07, 6.45) is 1.09. The van der Waals surface area contributed by atoms with Gasteiger partial charge in [-0.25, -0.2) is 0 Å². The first-order chi connectivity index (χ1) is 29.7. The van der Waals surface area contributed by atoms with Crippen LogP contribution < -0.4 is 0 Å². The summed E-state index contributed by atoms with van der Waals surface area (Å²) in [5.41, 5.74) is 2.44. The molecule has 63 heavy (non-hydrogen) atoms. The second-order valence-electron chi connectivity index (χ2n) is 15.7. The minimum Gasteiger partial charge on any atom is -0.383 e. The number of hydrogen-bond donors (Lipinski definition) is 0. The van der Waals surface area contributed by atoms with Crippen LogP contribution in [0.2, 0.25) is 0 Å². The van der Waals surface area contributed by atoms with Crippen LogP contribution in [0, 0.1) is 0 Å². The molecule has 16 nitrogen and oxygen atoms in total. The summed E-state index contributed by atoms with van der Waals surface area (Å²) in [7, 11) is 6.05. The summed E-state index contributed by atoms with van der Waals surface area (Å²) >= 11 is 0. The molecule has 0 radical (unpaired) electrons. The zero-order valence-corrected chi connectivity index (χ0v) is 35.9. The van der Waals surface area contributed by atoms with Gasteiger partial charge in [-0.2, -0.15) is 0 Å². The van der Waals surface area contributed by atoms with Crippen molar-refractivity contribution in [3.05, 3.63) is 93.0 Å². The molecule has 4 aliphatic heterocycles. The molecular weight excluding hydrogens is 813 g/mol. The molecule has 16 heteroatoms. The van der Waals surface area contributed by atoms with E-state index < -0.39 is 71.4 Å². The number of carbonyl (C=O) groups is 8. The van der Waals surface area contributed by atoms with Crippen molar-refractivity contribution in [2.45, 2.75) is 72.1 Å². The lowest BCUT2D eigenvalue weighted by Gasteiger charge is -2.36. The fraction of sp³-hybridized carbons (Fsp3) is 0.404. The second kappa shape index (κ2) is 18.3. The van der Waals surface area contributed by atoms with Gasteiger partial charge in [0, 0.05) is 94.5 Å². The topological polar surface area (TPSA) is 186 Å². The number of rotatable bonds is 14. The number of methoxy groups -OCH3 is 4. The summed E-state index contributed by atoms with van der Waals surface area (Å²) in [4.78, 5) is 111. The van der Waals surface area contributed by atoms with E-state index in [2.05, 4.69) is 0 Å². The van der Waals surface area contributed by atoms with Crippen LogP contribution >= 0.6 is 0 Å². The van der Waals surface area contributed by atoms with Crippen molar-refractivity contribution < 1.29 is 57.3 Å². The van der Waals surface area contributed by atoms with Crippen LogP contribution in [0.1, 0.15) is 131 Å². The fourth-order valence-corrected chi connectivity index (χ4v) is 9.05.